The van der Waals surface area contributed by atoms with E-state index in [0.717, 1.165) is 19.3 Å². The molecule has 3 N–H and O–H groups in total. The third-order valence-electron chi connectivity index (χ3n) is 4.09. The van der Waals surface area contributed by atoms with Gasteiger partial charge in [-0.05, 0) is 19.3 Å². The van der Waals surface area contributed by atoms with Crippen LogP contribution in [0.5, 0.6) is 0 Å². The minimum atomic E-state index is -0.193. The van der Waals surface area contributed by atoms with Crippen LogP contribution in [0.4, 0.5) is 0 Å². The SMILES string of the molecule is CCCC(=O)NC1CCN(C(=O)C2COCC2N)CC1. The maximum absolute atomic E-state index is 12.3. The Kier molecular flexibility index (Phi) is 5.37. The first-order chi connectivity index (χ1) is 9.61. The number of carbonyl (C=O) groups is 2. The summed E-state index contributed by atoms with van der Waals surface area (Å²) in [6.07, 6.45) is 3.09. The molecule has 2 unspecified atom stereocenters. The molecule has 2 saturated heterocycles. The van der Waals surface area contributed by atoms with Crippen molar-refractivity contribution in [2.45, 2.75) is 44.7 Å². The van der Waals surface area contributed by atoms with E-state index in [1.54, 1.807) is 0 Å². The van der Waals surface area contributed by atoms with Crippen LogP contribution in [0, 0.1) is 5.92 Å². The fourth-order valence-corrected chi connectivity index (χ4v) is 2.83. The number of likely N-dealkylation sites (tertiary alicyclic amines) is 1. The summed E-state index contributed by atoms with van der Waals surface area (Å²) in [7, 11) is 0. The van der Waals surface area contributed by atoms with E-state index >= 15 is 0 Å². The van der Waals surface area contributed by atoms with Gasteiger partial charge < -0.3 is 20.7 Å². The lowest BCUT2D eigenvalue weighted by Crippen LogP contribution is -2.50. The van der Waals surface area contributed by atoms with Gasteiger partial charge in [0.2, 0.25) is 11.8 Å². The van der Waals surface area contributed by atoms with Crippen molar-refractivity contribution in [3.05, 3.63) is 0 Å². The number of amides is 2. The first-order valence-electron chi connectivity index (χ1n) is 7.53. The Bertz CT molecular complexity index is 354. The molecule has 2 aliphatic heterocycles. The molecule has 0 aromatic rings. The molecule has 0 radical (unpaired) electrons. The summed E-state index contributed by atoms with van der Waals surface area (Å²) >= 11 is 0. The van der Waals surface area contributed by atoms with Crippen molar-refractivity contribution in [2.75, 3.05) is 26.3 Å². The maximum atomic E-state index is 12.3. The van der Waals surface area contributed by atoms with E-state index in [9.17, 15) is 9.59 Å². The average Bonchev–Trinajstić information content (AvgIpc) is 2.85. The zero-order chi connectivity index (χ0) is 14.5. The number of hydrogen-bond acceptors (Lipinski definition) is 4. The molecular weight excluding hydrogens is 258 g/mol. The van der Waals surface area contributed by atoms with Gasteiger partial charge in [0.15, 0.2) is 0 Å². The molecule has 20 heavy (non-hydrogen) atoms. The van der Waals surface area contributed by atoms with Crippen LogP contribution in [0.2, 0.25) is 0 Å². The molecule has 2 amide bonds. The van der Waals surface area contributed by atoms with Crippen LogP contribution in [0.1, 0.15) is 32.6 Å². The zero-order valence-corrected chi connectivity index (χ0v) is 12.1. The topological polar surface area (TPSA) is 84.7 Å². The molecule has 0 spiro atoms. The predicted octanol–water partition coefficient (Wildman–Crippen LogP) is -0.133. The standard InChI is InChI=1S/C14H25N3O3/c1-2-3-13(18)16-10-4-6-17(7-5-10)14(19)11-8-20-9-12(11)15/h10-12H,2-9,15H2,1H3,(H,16,18). The number of carbonyl (C=O) groups excluding carboxylic acids is 2. The average molecular weight is 283 g/mol. The van der Waals surface area contributed by atoms with Crippen LogP contribution >= 0.6 is 0 Å². The molecule has 2 aliphatic rings. The van der Waals surface area contributed by atoms with Gasteiger partial charge in [0, 0.05) is 31.6 Å². The minimum Gasteiger partial charge on any atom is -0.379 e. The first-order valence-corrected chi connectivity index (χ1v) is 7.53. The van der Waals surface area contributed by atoms with Gasteiger partial charge in [0.1, 0.15) is 0 Å². The summed E-state index contributed by atoms with van der Waals surface area (Å²) in [6, 6.07) is 0.0241. The molecule has 6 heteroatoms. The van der Waals surface area contributed by atoms with Crippen LogP contribution in [-0.4, -0.2) is 55.1 Å². The molecule has 2 fully saturated rings. The number of nitrogens with two attached hydrogens (primary N) is 1. The molecule has 0 aromatic heterocycles. The molecule has 0 aromatic carbocycles. The highest BCUT2D eigenvalue weighted by atomic mass is 16.5. The zero-order valence-electron chi connectivity index (χ0n) is 12.1. The van der Waals surface area contributed by atoms with Gasteiger partial charge in [0.05, 0.1) is 19.1 Å². The normalized spacial score (nSPS) is 27.6. The molecule has 2 heterocycles. The number of rotatable bonds is 4. The van der Waals surface area contributed by atoms with Crippen molar-refractivity contribution in [1.82, 2.24) is 10.2 Å². The molecular formula is C14H25N3O3. The van der Waals surface area contributed by atoms with Crippen molar-refractivity contribution in [3.63, 3.8) is 0 Å². The second-order valence-corrected chi connectivity index (χ2v) is 5.72. The van der Waals surface area contributed by atoms with Crippen LogP contribution in [0.15, 0.2) is 0 Å². The second kappa shape index (κ2) is 7.04. The number of hydrogen-bond donors (Lipinski definition) is 2. The van der Waals surface area contributed by atoms with Gasteiger partial charge >= 0.3 is 0 Å². The highest BCUT2D eigenvalue weighted by Crippen LogP contribution is 2.18. The lowest BCUT2D eigenvalue weighted by molar-refractivity contribution is -0.137. The van der Waals surface area contributed by atoms with Gasteiger partial charge in [0.25, 0.3) is 0 Å². The number of nitrogens with one attached hydrogen (secondary N) is 1. The molecule has 0 aliphatic carbocycles. The maximum Gasteiger partial charge on any atom is 0.229 e. The Hall–Kier alpha value is -1.14. The Labute approximate surface area is 120 Å². The van der Waals surface area contributed by atoms with Crippen molar-refractivity contribution < 1.29 is 14.3 Å². The van der Waals surface area contributed by atoms with Crippen molar-refractivity contribution in [3.8, 4) is 0 Å². The van der Waals surface area contributed by atoms with Crippen LogP contribution in [0.3, 0.4) is 0 Å². The fraction of sp³-hybridized carbons (Fsp3) is 0.857. The van der Waals surface area contributed by atoms with E-state index in [0.29, 0.717) is 32.7 Å². The second-order valence-electron chi connectivity index (χ2n) is 5.72. The van der Waals surface area contributed by atoms with E-state index in [-0.39, 0.29) is 29.8 Å². The predicted molar refractivity (Wildman–Crippen MR) is 74.9 cm³/mol. The number of ether oxygens (including phenoxy) is 1. The van der Waals surface area contributed by atoms with Crippen molar-refractivity contribution in [1.29, 1.82) is 0 Å². The third kappa shape index (κ3) is 3.70. The van der Waals surface area contributed by atoms with E-state index in [1.807, 2.05) is 11.8 Å². The summed E-state index contributed by atoms with van der Waals surface area (Å²) in [4.78, 5) is 25.7. The first kappa shape index (κ1) is 15.3. The van der Waals surface area contributed by atoms with Gasteiger partial charge in [-0.15, -0.1) is 0 Å². The number of piperidine rings is 1. The van der Waals surface area contributed by atoms with Gasteiger partial charge in [-0.1, -0.05) is 6.92 Å². The van der Waals surface area contributed by atoms with Crippen LogP contribution in [0.25, 0.3) is 0 Å². The minimum absolute atomic E-state index is 0.105. The van der Waals surface area contributed by atoms with E-state index in [1.165, 1.54) is 0 Å². The Balaban J connectivity index is 1.76. The summed E-state index contributed by atoms with van der Waals surface area (Å²) in [5.41, 5.74) is 5.88. The monoisotopic (exact) mass is 283 g/mol. The smallest absolute Gasteiger partial charge is 0.229 e. The molecule has 114 valence electrons. The molecule has 0 saturated carbocycles. The highest BCUT2D eigenvalue weighted by molar-refractivity contribution is 5.80. The molecule has 6 nitrogen and oxygen atoms in total. The number of nitrogens with zero attached hydrogens (tertiary/aromatic N) is 1. The Morgan fingerprint density at radius 2 is 2.00 bits per heavy atom. The summed E-state index contributed by atoms with van der Waals surface area (Å²) in [5.74, 6) is 0.0260. The lowest BCUT2D eigenvalue weighted by atomic mass is 9.99. The van der Waals surface area contributed by atoms with Crippen molar-refractivity contribution in [2.24, 2.45) is 11.7 Å². The van der Waals surface area contributed by atoms with Crippen molar-refractivity contribution >= 4 is 11.8 Å². The highest BCUT2D eigenvalue weighted by Gasteiger charge is 2.35. The molecule has 0 bridgehead atoms. The quantitative estimate of drug-likeness (QED) is 0.752. The Morgan fingerprint density at radius 3 is 2.55 bits per heavy atom. The van der Waals surface area contributed by atoms with E-state index < -0.39 is 0 Å². The van der Waals surface area contributed by atoms with Gasteiger partial charge in [-0.3, -0.25) is 9.59 Å². The largest absolute Gasteiger partial charge is 0.379 e. The van der Waals surface area contributed by atoms with Gasteiger partial charge in [-0.2, -0.15) is 0 Å². The molecule has 2 atom stereocenters. The fourth-order valence-electron chi connectivity index (χ4n) is 2.83. The molecule has 2 rings (SSSR count). The lowest BCUT2D eigenvalue weighted by Gasteiger charge is -2.34. The Morgan fingerprint density at radius 1 is 1.30 bits per heavy atom. The van der Waals surface area contributed by atoms with Crippen LogP contribution < -0.4 is 11.1 Å². The van der Waals surface area contributed by atoms with Crippen LogP contribution in [-0.2, 0) is 14.3 Å². The third-order valence-corrected chi connectivity index (χ3v) is 4.09. The van der Waals surface area contributed by atoms with E-state index in [4.69, 9.17) is 10.5 Å². The van der Waals surface area contributed by atoms with Gasteiger partial charge in [-0.25, -0.2) is 0 Å². The summed E-state index contributed by atoms with van der Waals surface area (Å²) in [6.45, 7) is 4.29. The summed E-state index contributed by atoms with van der Waals surface area (Å²) in [5, 5.41) is 3.03. The van der Waals surface area contributed by atoms with E-state index in [2.05, 4.69) is 5.32 Å². The summed E-state index contributed by atoms with van der Waals surface area (Å²) < 4.78 is 5.25.